The molecule has 0 aliphatic carbocycles. The topological polar surface area (TPSA) is 0 Å². The third-order valence-electron chi connectivity index (χ3n) is 6.19. The number of unbranched alkanes of at least 4 members (excludes halogenated alkanes) is 10. The molecule has 3 rings (SSSR count). The number of halogens is 2. The highest BCUT2D eigenvalue weighted by molar-refractivity contribution is 9.12. The standard InChI is InChI=1S/C28H38Br2S3/c1-3-5-7-9-11-13-15-21-17-19-23(31-21)25-26(28(30)33-27(25)29)24-20-18-22(32-24)16-14-12-10-8-6-4-2/h17-20H,3-16H2,1-2H3. The quantitative estimate of drug-likeness (QED) is 0.138. The summed E-state index contributed by atoms with van der Waals surface area (Å²) in [6.45, 7) is 4.57. The molecule has 0 unspecified atom stereocenters. The highest BCUT2D eigenvalue weighted by Gasteiger charge is 2.21. The number of rotatable bonds is 16. The number of thiophene rings is 3. The van der Waals surface area contributed by atoms with Crippen LogP contribution in [0.4, 0.5) is 0 Å². The molecule has 0 N–H and O–H groups in total. The van der Waals surface area contributed by atoms with Gasteiger partial charge in [-0.15, -0.1) is 34.0 Å². The Morgan fingerprint density at radius 2 is 0.909 bits per heavy atom. The molecule has 0 bridgehead atoms. The van der Waals surface area contributed by atoms with Gasteiger partial charge in [-0.25, -0.2) is 0 Å². The van der Waals surface area contributed by atoms with Gasteiger partial charge >= 0.3 is 0 Å². The van der Waals surface area contributed by atoms with E-state index in [1.54, 1.807) is 0 Å². The van der Waals surface area contributed by atoms with Crippen LogP contribution in [0.3, 0.4) is 0 Å². The Morgan fingerprint density at radius 3 is 1.33 bits per heavy atom. The van der Waals surface area contributed by atoms with Gasteiger partial charge in [-0.05, 0) is 81.8 Å². The molecule has 3 aromatic rings. The van der Waals surface area contributed by atoms with Gasteiger partial charge in [-0.1, -0.05) is 78.1 Å². The van der Waals surface area contributed by atoms with Crippen LogP contribution in [0.25, 0.3) is 20.9 Å². The van der Waals surface area contributed by atoms with Gasteiger partial charge in [0.15, 0.2) is 0 Å². The van der Waals surface area contributed by atoms with Crippen LogP contribution >= 0.6 is 65.9 Å². The second-order valence-corrected chi connectivity index (χ2v) is 15.0. The zero-order valence-corrected chi connectivity index (χ0v) is 25.8. The minimum Gasteiger partial charge on any atom is -0.140 e. The lowest BCUT2D eigenvalue weighted by atomic mass is 10.1. The van der Waals surface area contributed by atoms with E-state index >= 15 is 0 Å². The molecule has 0 aliphatic rings. The third-order valence-corrected chi connectivity index (χ3v) is 11.0. The molecule has 0 saturated carbocycles. The van der Waals surface area contributed by atoms with Crippen molar-refractivity contribution in [2.75, 3.05) is 0 Å². The lowest BCUT2D eigenvalue weighted by molar-refractivity contribution is 0.609. The average Bonchev–Trinajstić information content (AvgIpc) is 3.52. The first-order chi connectivity index (χ1) is 16.1. The second kappa shape index (κ2) is 15.2. The van der Waals surface area contributed by atoms with Crippen molar-refractivity contribution in [1.29, 1.82) is 0 Å². The Hall–Kier alpha value is 0.0600. The molecular weight excluding hydrogens is 592 g/mol. The summed E-state index contributed by atoms with van der Waals surface area (Å²) >= 11 is 13.5. The van der Waals surface area contributed by atoms with Gasteiger partial charge in [0.25, 0.3) is 0 Å². The van der Waals surface area contributed by atoms with Gasteiger partial charge < -0.3 is 0 Å². The lowest BCUT2D eigenvalue weighted by Gasteiger charge is -2.03. The molecule has 0 nitrogen and oxygen atoms in total. The summed E-state index contributed by atoms with van der Waals surface area (Å²) in [6.07, 6.45) is 18.8. The first-order valence-corrected chi connectivity index (χ1v) is 16.8. The highest BCUT2D eigenvalue weighted by atomic mass is 79.9. The van der Waals surface area contributed by atoms with Crippen LogP contribution in [-0.4, -0.2) is 0 Å². The van der Waals surface area contributed by atoms with Crippen LogP contribution < -0.4 is 0 Å². The van der Waals surface area contributed by atoms with E-state index < -0.39 is 0 Å². The summed E-state index contributed by atoms with van der Waals surface area (Å²) in [5.74, 6) is 0. The zero-order valence-electron chi connectivity index (χ0n) is 20.2. The maximum absolute atomic E-state index is 3.88. The largest absolute Gasteiger partial charge is 0.140 e. The maximum Gasteiger partial charge on any atom is 0.0803 e. The fraction of sp³-hybridized carbons (Fsp3) is 0.571. The minimum absolute atomic E-state index is 1.22. The van der Waals surface area contributed by atoms with Gasteiger partial charge in [0.05, 0.1) is 7.57 Å². The average molecular weight is 631 g/mol. The summed E-state index contributed by atoms with van der Waals surface area (Å²) < 4.78 is 2.48. The zero-order chi connectivity index (χ0) is 23.5. The van der Waals surface area contributed by atoms with Crippen LogP contribution in [0, 0.1) is 0 Å². The second-order valence-electron chi connectivity index (χ2n) is 8.97. The minimum atomic E-state index is 1.22. The summed E-state index contributed by atoms with van der Waals surface area (Å²) in [7, 11) is 0. The van der Waals surface area contributed by atoms with Crippen LogP contribution in [-0.2, 0) is 12.8 Å². The van der Waals surface area contributed by atoms with Crippen molar-refractivity contribution in [2.24, 2.45) is 0 Å². The first-order valence-electron chi connectivity index (χ1n) is 12.8. The van der Waals surface area contributed by atoms with Crippen LogP contribution in [0.5, 0.6) is 0 Å². The molecular formula is C28H38Br2S3. The fourth-order valence-electron chi connectivity index (χ4n) is 4.27. The molecule has 0 radical (unpaired) electrons. The normalized spacial score (nSPS) is 11.5. The van der Waals surface area contributed by atoms with E-state index in [1.165, 1.54) is 128 Å². The van der Waals surface area contributed by atoms with Crippen molar-refractivity contribution in [3.8, 4) is 20.9 Å². The molecule has 0 fully saturated rings. The SMILES string of the molecule is CCCCCCCCc1ccc(-c2c(Br)sc(Br)c2-c2ccc(CCCCCCCC)s2)s1. The molecule has 0 aliphatic heterocycles. The van der Waals surface area contributed by atoms with Crippen LogP contribution in [0.2, 0.25) is 0 Å². The summed E-state index contributed by atoms with van der Waals surface area (Å²) in [5.41, 5.74) is 2.75. The molecule has 182 valence electrons. The van der Waals surface area contributed by atoms with E-state index in [2.05, 4.69) is 70.0 Å². The number of hydrogen-bond acceptors (Lipinski definition) is 3. The molecule has 0 amide bonds. The van der Waals surface area contributed by atoms with Crippen molar-refractivity contribution >= 4 is 65.9 Å². The molecule has 0 saturated heterocycles. The van der Waals surface area contributed by atoms with E-state index in [0.717, 1.165) is 0 Å². The Balaban J connectivity index is 1.62. The van der Waals surface area contributed by atoms with E-state index in [9.17, 15) is 0 Å². The van der Waals surface area contributed by atoms with Crippen molar-refractivity contribution in [1.82, 2.24) is 0 Å². The summed E-state index contributed by atoms with van der Waals surface area (Å²) in [6, 6.07) is 9.38. The van der Waals surface area contributed by atoms with Crippen LogP contribution in [0.1, 0.15) is 101 Å². The summed E-state index contributed by atoms with van der Waals surface area (Å²) in [4.78, 5) is 5.84. The molecule has 5 heteroatoms. The van der Waals surface area contributed by atoms with Gasteiger partial charge in [-0.3, -0.25) is 0 Å². The van der Waals surface area contributed by atoms with E-state index in [-0.39, 0.29) is 0 Å². The van der Waals surface area contributed by atoms with Gasteiger partial charge in [0.1, 0.15) is 0 Å². The Bertz CT molecular complexity index is 876. The number of aryl methyl sites for hydroxylation is 2. The predicted molar refractivity (Wildman–Crippen MR) is 161 cm³/mol. The van der Waals surface area contributed by atoms with E-state index in [4.69, 9.17) is 0 Å². The van der Waals surface area contributed by atoms with Crippen LogP contribution in [0.15, 0.2) is 31.8 Å². The van der Waals surface area contributed by atoms with E-state index in [0.29, 0.717) is 0 Å². The number of hydrogen-bond donors (Lipinski definition) is 0. The molecule has 33 heavy (non-hydrogen) atoms. The van der Waals surface area contributed by atoms with E-state index in [1.807, 2.05) is 34.0 Å². The summed E-state index contributed by atoms with van der Waals surface area (Å²) in [5, 5.41) is 0. The van der Waals surface area contributed by atoms with Gasteiger partial charge in [-0.2, -0.15) is 0 Å². The highest BCUT2D eigenvalue weighted by Crippen LogP contribution is 2.51. The smallest absolute Gasteiger partial charge is 0.0803 e. The molecule has 0 aromatic carbocycles. The molecule has 0 spiro atoms. The first kappa shape index (κ1) is 27.6. The third kappa shape index (κ3) is 8.59. The van der Waals surface area contributed by atoms with Gasteiger partial charge in [0.2, 0.25) is 0 Å². The van der Waals surface area contributed by atoms with Gasteiger partial charge in [0, 0.05) is 30.6 Å². The van der Waals surface area contributed by atoms with Crippen molar-refractivity contribution < 1.29 is 0 Å². The lowest BCUT2D eigenvalue weighted by Crippen LogP contribution is -1.82. The van der Waals surface area contributed by atoms with Crippen molar-refractivity contribution in [3.63, 3.8) is 0 Å². The Labute approximate surface area is 230 Å². The Kier molecular flexibility index (Phi) is 12.8. The molecule has 3 heterocycles. The molecule has 0 atom stereocenters. The monoisotopic (exact) mass is 628 g/mol. The van der Waals surface area contributed by atoms with Crippen molar-refractivity contribution in [2.45, 2.75) is 104 Å². The Morgan fingerprint density at radius 1 is 0.515 bits per heavy atom. The van der Waals surface area contributed by atoms with Crippen molar-refractivity contribution in [3.05, 3.63) is 41.6 Å². The molecule has 3 aromatic heterocycles. The fourth-order valence-corrected chi connectivity index (χ4v) is 10.1. The predicted octanol–water partition coefficient (Wildman–Crippen LogP) is 12.5. The maximum atomic E-state index is 3.88.